The molecule has 0 saturated carbocycles. The lowest BCUT2D eigenvalue weighted by molar-refractivity contribution is 0.599. The van der Waals surface area contributed by atoms with Crippen LogP contribution in [0.3, 0.4) is 0 Å². The van der Waals surface area contributed by atoms with Crippen molar-refractivity contribution in [3.8, 4) is 6.07 Å². The number of thiophene rings is 1. The minimum Gasteiger partial charge on any atom is -0.279 e. The molecule has 2 aromatic rings. The molecule has 0 saturated heterocycles. The summed E-state index contributed by atoms with van der Waals surface area (Å²) in [5.41, 5.74) is 0.131. The van der Waals surface area contributed by atoms with Crippen LogP contribution in [0.15, 0.2) is 39.9 Å². The van der Waals surface area contributed by atoms with E-state index in [0.29, 0.717) is 5.69 Å². The molecule has 0 aliphatic carbocycles. The van der Waals surface area contributed by atoms with Gasteiger partial charge in [-0.3, -0.25) is 4.72 Å². The summed E-state index contributed by atoms with van der Waals surface area (Å²) < 4.78 is 39.3. The SMILES string of the molecule is N#Cc1cc(S(=O)(=O)Nc2ccsc2)ccc1F. The van der Waals surface area contributed by atoms with E-state index < -0.39 is 15.8 Å². The van der Waals surface area contributed by atoms with Crippen molar-refractivity contribution in [2.24, 2.45) is 0 Å². The number of nitrogens with zero attached hydrogens (tertiary/aromatic N) is 1. The van der Waals surface area contributed by atoms with E-state index in [1.165, 1.54) is 11.3 Å². The van der Waals surface area contributed by atoms with E-state index in [9.17, 15) is 12.8 Å². The van der Waals surface area contributed by atoms with Crippen LogP contribution in [0.25, 0.3) is 0 Å². The Hall–Kier alpha value is -1.91. The maximum atomic E-state index is 13.1. The molecule has 7 heteroatoms. The standard InChI is InChI=1S/C11H7FN2O2S2/c12-11-2-1-10(5-8(11)6-13)18(15,16)14-9-3-4-17-7-9/h1-5,7,14H. The van der Waals surface area contributed by atoms with Crippen LogP contribution in [-0.2, 0) is 10.0 Å². The van der Waals surface area contributed by atoms with Gasteiger partial charge >= 0.3 is 0 Å². The van der Waals surface area contributed by atoms with Crippen molar-refractivity contribution in [3.05, 3.63) is 46.4 Å². The van der Waals surface area contributed by atoms with Gasteiger partial charge in [-0.15, -0.1) is 0 Å². The van der Waals surface area contributed by atoms with Gasteiger partial charge in [-0.25, -0.2) is 12.8 Å². The number of halogens is 1. The molecule has 0 amide bonds. The number of anilines is 1. The van der Waals surface area contributed by atoms with E-state index in [-0.39, 0.29) is 10.5 Å². The van der Waals surface area contributed by atoms with Gasteiger partial charge in [0.1, 0.15) is 11.9 Å². The highest BCUT2D eigenvalue weighted by Gasteiger charge is 2.16. The molecule has 0 unspecified atom stereocenters. The highest BCUT2D eigenvalue weighted by molar-refractivity contribution is 7.92. The second kappa shape index (κ2) is 4.76. The van der Waals surface area contributed by atoms with Gasteiger partial charge in [-0.05, 0) is 29.6 Å². The third-order valence-corrected chi connectivity index (χ3v) is 4.20. The Balaban J connectivity index is 2.39. The minimum atomic E-state index is -3.79. The number of benzene rings is 1. The summed E-state index contributed by atoms with van der Waals surface area (Å²) in [5.74, 6) is -0.744. The van der Waals surface area contributed by atoms with Gasteiger partial charge in [0.05, 0.1) is 16.1 Å². The van der Waals surface area contributed by atoms with Gasteiger partial charge < -0.3 is 0 Å². The number of rotatable bonds is 3. The van der Waals surface area contributed by atoms with Crippen molar-refractivity contribution in [2.45, 2.75) is 4.90 Å². The van der Waals surface area contributed by atoms with Crippen molar-refractivity contribution in [2.75, 3.05) is 4.72 Å². The molecule has 1 aromatic carbocycles. The Morgan fingerprint density at radius 2 is 2.11 bits per heavy atom. The molecule has 0 atom stereocenters. The van der Waals surface area contributed by atoms with Gasteiger partial charge in [0.2, 0.25) is 0 Å². The lowest BCUT2D eigenvalue weighted by Crippen LogP contribution is -2.12. The molecule has 1 N–H and O–H groups in total. The molecule has 0 radical (unpaired) electrons. The minimum absolute atomic E-state index is 0.147. The third-order valence-electron chi connectivity index (χ3n) is 2.14. The summed E-state index contributed by atoms with van der Waals surface area (Å²) in [5, 5.41) is 12.0. The second-order valence-electron chi connectivity index (χ2n) is 3.37. The van der Waals surface area contributed by atoms with Crippen LogP contribution >= 0.6 is 11.3 Å². The van der Waals surface area contributed by atoms with Gasteiger partial charge in [-0.1, -0.05) is 0 Å². The zero-order chi connectivity index (χ0) is 13.2. The number of nitrogens with one attached hydrogen (secondary N) is 1. The number of nitriles is 1. The Morgan fingerprint density at radius 3 is 2.72 bits per heavy atom. The second-order valence-corrected chi connectivity index (χ2v) is 5.83. The van der Waals surface area contributed by atoms with E-state index in [4.69, 9.17) is 5.26 Å². The quantitative estimate of drug-likeness (QED) is 0.940. The van der Waals surface area contributed by atoms with Crippen molar-refractivity contribution in [1.29, 1.82) is 5.26 Å². The number of hydrogen-bond acceptors (Lipinski definition) is 4. The summed E-state index contributed by atoms with van der Waals surface area (Å²) in [7, 11) is -3.79. The summed E-state index contributed by atoms with van der Waals surface area (Å²) in [6, 6.07) is 6.29. The van der Waals surface area contributed by atoms with Gasteiger partial charge in [-0.2, -0.15) is 16.6 Å². The van der Waals surface area contributed by atoms with E-state index in [1.54, 1.807) is 22.9 Å². The van der Waals surface area contributed by atoms with Crippen LogP contribution in [-0.4, -0.2) is 8.42 Å². The van der Waals surface area contributed by atoms with Crippen LogP contribution in [0, 0.1) is 17.1 Å². The maximum Gasteiger partial charge on any atom is 0.261 e. The fourth-order valence-corrected chi connectivity index (χ4v) is 3.03. The van der Waals surface area contributed by atoms with Gasteiger partial charge in [0.25, 0.3) is 10.0 Å². The Bertz CT molecular complexity index is 703. The lowest BCUT2D eigenvalue weighted by atomic mass is 10.2. The van der Waals surface area contributed by atoms with Gasteiger partial charge in [0.15, 0.2) is 0 Å². The molecule has 0 aliphatic rings. The summed E-state index contributed by atoms with van der Waals surface area (Å²) in [6.45, 7) is 0. The average molecular weight is 282 g/mol. The Labute approximate surface area is 107 Å². The molecule has 1 aromatic heterocycles. The summed E-state index contributed by atoms with van der Waals surface area (Å²) in [4.78, 5) is -0.147. The first-order valence-corrected chi connectivity index (χ1v) is 7.20. The van der Waals surface area contributed by atoms with Crippen molar-refractivity contribution >= 4 is 27.0 Å². The largest absolute Gasteiger partial charge is 0.279 e. The third kappa shape index (κ3) is 2.50. The zero-order valence-electron chi connectivity index (χ0n) is 8.92. The predicted molar refractivity (Wildman–Crippen MR) is 66.2 cm³/mol. The molecule has 0 spiro atoms. The van der Waals surface area contributed by atoms with Crippen LogP contribution in [0.4, 0.5) is 10.1 Å². The molecular weight excluding hydrogens is 275 g/mol. The van der Waals surface area contributed by atoms with Crippen molar-refractivity contribution in [1.82, 2.24) is 0 Å². The van der Waals surface area contributed by atoms with Crippen LogP contribution in [0.5, 0.6) is 0 Å². The topological polar surface area (TPSA) is 70.0 Å². The number of hydrogen-bond donors (Lipinski definition) is 1. The Morgan fingerprint density at radius 1 is 1.33 bits per heavy atom. The maximum absolute atomic E-state index is 13.1. The lowest BCUT2D eigenvalue weighted by Gasteiger charge is -2.06. The van der Waals surface area contributed by atoms with E-state index in [2.05, 4.69) is 4.72 Å². The molecular formula is C11H7FN2O2S2. The average Bonchev–Trinajstić information content (AvgIpc) is 2.81. The fraction of sp³-hybridized carbons (Fsp3) is 0. The van der Waals surface area contributed by atoms with Crippen LogP contribution < -0.4 is 4.72 Å². The summed E-state index contributed by atoms with van der Waals surface area (Å²) >= 11 is 1.35. The van der Waals surface area contributed by atoms with E-state index >= 15 is 0 Å². The van der Waals surface area contributed by atoms with Crippen LogP contribution in [0.2, 0.25) is 0 Å². The first-order valence-electron chi connectivity index (χ1n) is 4.77. The monoisotopic (exact) mass is 282 g/mol. The molecule has 1 heterocycles. The van der Waals surface area contributed by atoms with Crippen molar-refractivity contribution in [3.63, 3.8) is 0 Å². The zero-order valence-corrected chi connectivity index (χ0v) is 10.6. The van der Waals surface area contributed by atoms with E-state index in [0.717, 1.165) is 18.2 Å². The smallest absolute Gasteiger partial charge is 0.261 e. The molecule has 92 valence electrons. The van der Waals surface area contributed by atoms with Gasteiger partial charge in [0, 0.05) is 5.38 Å². The highest BCUT2D eigenvalue weighted by Crippen LogP contribution is 2.20. The normalized spacial score (nSPS) is 10.9. The molecule has 0 fully saturated rings. The predicted octanol–water partition coefficient (Wildman–Crippen LogP) is 2.56. The first-order chi connectivity index (χ1) is 8.53. The molecule has 2 rings (SSSR count). The first kappa shape index (κ1) is 12.5. The van der Waals surface area contributed by atoms with Crippen LogP contribution in [0.1, 0.15) is 5.56 Å². The summed E-state index contributed by atoms with van der Waals surface area (Å²) in [6.07, 6.45) is 0. The molecule has 0 aliphatic heterocycles. The molecule has 0 bridgehead atoms. The van der Waals surface area contributed by atoms with E-state index in [1.807, 2.05) is 0 Å². The number of sulfonamides is 1. The fourth-order valence-electron chi connectivity index (χ4n) is 1.29. The van der Waals surface area contributed by atoms with Crippen molar-refractivity contribution < 1.29 is 12.8 Å². The Kier molecular flexibility index (Phi) is 3.32. The highest BCUT2D eigenvalue weighted by atomic mass is 32.2. The molecule has 4 nitrogen and oxygen atoms in total. The molecule has 18 heavy (non-hydrogen) atoms.